The third kappa shape index (κ3) is 3.35. The van der Waals surface area contributed by atoms with Gasteiger partial charge in [0.1, 0.15) is 16.2 Å². The Morgan fingerprint density at radius 2 is 1.96 bits per heavy atom. The lowest BCUT2D eigenvalue weighted by molar-refractivity contribution is 0.0737. The highest BCUT2D eigenvalue weighted by molar-refractivity contribution is 7.13. The van der Waals surface area contributed by atoms with Crippen LogP contribution in [-0.2, 0) is 12.8 Å². The van der Waals surface area contributed by atoms with Crippen LogP contribution < -0.4 is 10.4 Å². The molecule has 3 aromatic rings. The molecule has 0 radical (unpaired) electrons. The van der Waals surface area contributed by atoms with E-state index in [1.54, 1.807) is 13.0 Å². The van der Waals surface area contributed by atoms with Gasteiger partial charge in [-0.15, -0.1) is 11.3 Å². The topological polar surface area (TPSA) is 69.4 Å². The fraction of sp³-hybridized carbons (Fsp3) is 0.316. The number of fused-ring (bicyclic) bond motifs is 1. The molecule has 0 aliphatic carbocycles. The normalized spacial score (nSPS) is 11.0. The van der Waals surface area contributed by atoms with Crippen LogP contribution >= 0.6 is 11.3 Å². The van der Waals surface area contributed by atoms with Crippen LogP contribution in [0.2, 0.25) is 0 Å². The van der Waals surface area contributed by atoms with Crippen LogP contribution in [0.15, 0.2) is 27.4 Å². The molecule has 0 N–H and O–H groups in total. The van der Waals surface area contributed by atoms with Crippen molar-refractivity contribution in [2.45, 2.75) is 40.5 Å². The van der Waals surface area contributed by atoms with Crippen molar-refractivity contribution in [2.24, 2.45) is 0 Å². The average molecular weight is 357 g/mol. The molecule has 3 rings (SSSR count). The van der Waals surface area contributed by atoms with Crippen molar-refractivity contribution in [3.05, 3.63) is 55.3 Å². The van der Waals surface area contributed by atoms with Crippen LogP contribution in [0.3, 0.4) is 0 Å². The number of rotatable bonds is 4. The number of carbonyl (C=O) groups excluding carboxylic acids is 1. The maximum Gasteiger partial charge on any atom is 0.355 e. The monoisotopic (exact) mass is 357 g/mol. The number of thiazole rings is 1. The Bertz CT molecular complexity index is 1020. The smallest absolute Gasteiger partial charge is 0.355 e. The zero-order chi connectivity index (χ0) is 18.1. The van der Waals surface area contributed by atoms with Gasteiger partial charge in [0, 0.05) is 17.5 Å². The molecule has 2 aromatic heterocycles. The Labute approximate surface area is 149 Å². The number of hydrogen-bond donors (Lipinski definition) is 0. The Morgan fingerprint density at radius 1 is 1.20 bits per heavy atom. The summed E-state index contributed by atoms with van der Waals surface area (Å²) in [6.07, 6.45) is 1.47. The number of hydrogen-bond acceptors (Lipinski definition) is 6. The fourth-order valence-electron chi connectivity index (χ4n) is 2.70. The van der Waals surface area contributed by atoms with E-state index in [9.17, 15) is 9.59 Å². The Hall–Kier alpha value is -2.47. The molecule has 0 atom stereocenters. The SMILES string of the molecule is CCc1nc(C)c(C(=O)Oc2cc3oc(=O)cc(C)c3cc2CC)s1. The second kappa shape index (κ2) is 6.80. The number of aromatic nitrogens is 1. The Kier molecular flexibility index (Phi) is 4.72. The highest BCUT2D eigenvalue weighted by Crippen LogP contribution is 2.29. The van der Waals surface area contributed by atoms with Crippen LogP contribution in [0.1, 0.15) is 45.3 Å². The minimum absolute atomic E-state index is 0.416. The van der Waals surface area contributed by atoms with Gasteiger partial charge >= 0.3 is 11.6 Å². The van der Waals surface area contributed by atoms with E-state index in [4.69, 9.17) is 9.15 Å². The van der Waals surface area contributed by atoms with Gasteiger partial charge in [-0.25, -0.2) is 14.6 Å². The number of carbonyl (C=O) groups is 1. The summed E-state index contributed by atoms with van der Waals surface area (Å²) >= 11 is 1.35. The molecule has 6 heteroatoms. The zero-order valence-corrected chi connectivity index (χ0v) is 15.5. The molecule has 0 aliphatic rings. The van der Waals surface area contributed by atoms with E-state index < -0.39 is 11.6 Å². The minimum Gasteiger partial charge on any atom is -0.423 e. The lowest BCUT2D eigenvalue weighted by Gasteiger charge is -2.10. The lowest BCUT2D eigenvalue weighted by atomic mass is 10.1. The summed E-state index contributed by atoms with van der Waals surface area (Å²) in [4.78, 5) is 29.0. The van der Waals surface area contributed by atoms with Gasteiger partial charge in [-0.1, -0.05) is 13.8 Å². The Balaban J connectivity index is 2.03. The van der Waals surface area contributed by atoms with Gasteiger partial charge < -0.3 is 9.15 Å². The predicted octanol–water partition coefficient (Wildman–Crippen LogP) is 4.21. The number of esters is 1. The molecule has 0 aliphatic heterocycles. The molecule has 5 nitrogen and oxygen atoms in total. The van der Waals surface area contributed by atoms with Gasteiger partial charge in [0.15, 0.2) is 0 Å². The maximum absolute atomic E-state index is 12.6. The molecule has 0 fully saturated rings. The van der Waals surface area contributed by atoms with E-state index in [1.807, 2.05) is 26.8 Å². The van der Waals surface area contributed by atoms with Gasteiger partial charge in [-0.05, 0) is 43.9 Å². The summed E-state index contributed by atoms with van der Waals surface area (Å²) in [5.41, 5.74) is 2.39. The van der Waals surface area contributed by atoms with E-state index in [0.717, 1.165) is 27.9 Å². The van der Waals surface area contributed by atoms with Crippen LogP contribution in [0.25, 0.3) is 11.0 Å². The first-order chi connectivity index (χ1) is 11.9. The quantitative estimate of drug-likeness (QED) is 0.397. The second-order valence-corrected chi connectivity index (χ2v) is 6.91. The average Bonchev–Trinajstić information content (AvgIpc) is 2.95. The van der Waals surface area contributed by atoms with Gasteiger partial charge in [-0.3, -0.25) is 0 Å². The summed E-state index contributed by atoms with van der Waals surface area (Å²) in [7, 11) is 0. The lowest BCUT2D eigenvalue weighted by Crippen LogP contribution is -2.10. The first-order valence-corrected chi connectivity index (χ1v) is 9.00. The molecule has 0 bridgehead atoms. The zero-order valence-electron chi connectivity index (χ0n) is 14.6. The molecule has 1 aromatic carbocycles. The van der Waals surface area contributed by atoms with E-state index in [0.29, 0.717) is 28.3 Å². The molecule has 130 valence electrons. The van der Waals surface area contributed by atoms with Crippen molar-refractivity contribution >= 4 is 28.3 Å². The predicted molar refractivity (Wildman–Crippen MR) is 97.8 cm³/mol. The molecular weight excluding hydrogens is 338 g/mol. The highest BCUT2D eigenvalue weighted by Gasteiger charge is 2.19. The molecular formula is C19H19NO4S. The third-order valence-electron chi connectivity index (χ3n) is 4.04. The molecule has 0 unspecified atom stereocenters. The minimum atomic E-state index is -0.432. The summed E-state index contributed by atoms with van der Waals surface area (Å²) in [6.45, 7) is 7.64. The summed E-state index contributed by atoms with van der Waals surface area (Å²) < 4.78 is 10.9. The van der Waals surface area contributed by atoms with Gasteiger partial charge in [-0.2, -0.15) is 0 Å². The maximum atomic E-state index is 12.6. The van der Waals surface area contributed by atoms with Crippen molar-refractivity contribution in [3.8, 4) is 5.75 Å². The second-order valence-electron chi connectivity index (χ2n) is 5.82. The van der Waals surface area contributed by atoms with Crippen molar-refractivity contribution < 1.29 is 13.9 Å². The van der Waals surface area contributed by atoms with Crippen LogP contribution in [0.4, 0.5) is 0 Å². The number of benzene rings is 1. The standard InChI is InChI=1S/C19H19NO4S/c1-5-12-8-13-10(3)7-17(21)23-15(13)9-14(12)24-19(22)18-11(4)20-16(6-2)25-18/h7-9H,5-6H2,1-4H3. The van der Waals surface area contributed by atoms with Crippen LogP contribution in [-0.4, -0.2) is 11.0 Å². The number of ether oxygens (including phenoxy) is 1. The molecule has 0 spiro atoms. The molecule has 0 saturated carbocycles. The first kappa shape index (κ1) is 17.4. The largest absolute Gasteiger partial charge is 0.423 e. The number of aryl methyl sites for hydroxylation is 4. The van der Waals surface area contributed by atoms with Crippen LogP contribution in [0, 0.1) is 13.8 Å². The number of nitrogens with zero attached hydrogens (tertiary/aromatic N) is 1. The summed E-state index contributed by atoms with van der Waals surface area (Å²) in [6, 6.07) is 4.99. The van der Waals surface area contributed by atoms with Gasteiger partial charge in [0.05, 0.1) is 10.7 Å². The van der Waals surface area contributed by atoms with Crippen molar-refractivity contribution in [2.75, 3.05) is 0 Å². The first-order valence-electron chi connectivity index (χ1n) is 8.18. The van der Waals surface area contributed by atoms with E-state index >= 15 is 0 Å². The molecule has 0 saturated heterocycles. The fourth-order valence-corrected chi connectivity index (χ4v) is 3.58. The van der Waals surface area contributed by atoms with Crippen molar-refractivity contribution in [3.63, 3.8) is 0 Å². The summed E-state index contributed by atoms with van der Waals surface area (Å²) in [5.74, 6) is -0.0154. The van der Waals surface area contributed by atoms with E-state index in [1.165, 1.54) is 17.4 Å². The van der Waals surface area contributed by atoms with Crippen molar-refractivity contribution in [1.29, 1.82) is 0 Å². The van der Waals surface area contributed by atoms with Crippen molar-refractivity contribution in [1.82, 2.24) is 4.98 Å². The summed E-state index contributed by atoms with van der Waals surface area (Å²) in [5, 5.41) is 1.75. The highest BCUT2D eigenvalue weighted by atomic mass is 32.1. The van der Waals surface area contributed by atoms with Gasteiger partial charge in [0.2, 0.25) is 0 Å². The third-order valence-corrected chi connectivity index (χ3v) is 5.33. The Morgan fingerprint density at radius 3 is 2.60 bits per heavy atom. The molecule has 25 heavy (non-hydrogen) atoms. The van der Waals surface area contributed by atoms with E-state index in [-0.39, 0.29) is 0 Å². The molecule has 0 amide bonds. The van der Waals surface area contributed by atoms with E-state index in [2.05, 4.69) is 4.98 Å². The molecule has 2 heterocycles. The van der Waals surface area contributed by atoms with Crippen LogP contribution in [0.5, 0.6) is 5.75 Å². The van der Waals surface area contributed by atoms with Gasteiger partial charge in [0.25, 0.3) is 0 Å².